The van der Waals surface area contributed by atoms with Crippen LogP contribution in [0.3, 0.4) is 0 Å². The molecule has 0 saturated carbocycles. The highest BCUT2D eigenvalue weighted by Crippen LogP contribution is 2.23. The fourth-order valence-corrected chi connectivity index (χ4v) is 3.02. The lowest BCUT2D eigenvalue weighted by Crippen LogP contribution is -1.97. The van der Waals surface area contributed by atoms with Gasteiger partial charge in [-0.25, -0.2) is 9.97 Å². The summed E-state index contributed by atoms with van der Waals surface area (Å²) in [6, 6.07) is 11.1. The highest BCUT2D eigenvalue weighted by molar-refractivity contribution is 5.71. The van der Waals surface area contributed by atoms with Crippen molar-refractivity contribution >= 4 is 12.2 Å². The van der Waals surface area contributed by atoms with Crippen molar-refractivity contribution in [2.45, 2.75) is 13.1 Å². The van der Waals surface area contributed by atoms with Crippen LogP contribution in [0.4, 0.5) is 0 Å². The third-order valence-electron chi connectivity index (χ3n) is 4.50. The van der Waals surface area contributed by atoms with Crippen LogP contribution in [-0.4, -0.2) is 29.3 Å². The van der Waals surface area contributed by atoms with E-state index in [0.29, 0.717) is 13.1 Å². The Labute approximate surface area is 162 Å². The molecular formula is C22H20N4O2. The first-order valence-corrected chi connectivity index (χ1v) is 8.91. The molecule has 2 N–H and O–H groups in total. The Morgan fingerprint density at radius 3 is 1.57 bits per heavy atom. The van der Waals surface area contributed by atoms with Crippen LogP contribution in [0.1, 0.15) is 22.3 Å². The van der Waals surface area contributed by atoms with Gasteiger partial charge in [0.25, 0.3) is 0 Å². The maximum Gasteiger partial charge on any atom is 0.120 e. The summed E-state index contributed by atoms with van der Waals surface area (Å²) in [5, 5.41) is 20.2. The molecule has 6 nitrogen and oxygen atoms in total. The normalized spacial score (nSPS) is 11.3. The summed E-state index contributed by atoms with van der Waals surface area (Å²) in [6.07, 6.45) is 14.6. The maximum absolute atomic E-state index is 10.1. The maximum atomic E-state index is 10.1. The van der Waals surface area contributed by atoms with Gasteiger partial charge in [0.05, 0.1) is 25.7 Å². The first kappa shape index (κ1) is 17.6. The van der Waals surface area contributed by atoms with Gasteiger partial charge in [-0.05, 0) is 35.4 Å². The molecule has 2 heterocycles. The van der Waals surface area contributed by atoms with Gasteiger partial charge in [-0.3, -0.25) is 0 Å². The first-order valence-electron chi connectivity index (χ1n) is 8.91. The second-order valence-corrected chi connectivity index (χ2v) is 6.58. The van der Waals surface area contributed by atoms with Crippen molar-refractivity contribution in [1.82, 2.24) is 19.1 Å². The Hall–Kier alpha value is -3.80. The van der Waals surface area contributed by atoms with Crippen LogP contribution < -0.4 is 0 Å². The van der Waals surface area contributed by atoms with Crippen LogP contribution in [-0.2, 0) is 13.1 Å². The minimum Gasteiger partial charge on any atom is -0.508 e. The molecule has 2 aromatic heterocycles. The molecule has 2 aromatic carbocycles. The second-order valence-electron chi connectivity index (χ2n) is 6.58. The van der Waals surface area contributed by atoms with Crippen molar-refractivity contribution in [3.05, 3.63) is 96.1 Å². The van der Waals surface area contributed by atoms with E-state index in [1.807, 2.05) is 57.9 Å². The van der Waals surface area contributed by atoms with Crippen LogP contribution in [0, 0.1) is 0 Å². The highest BCUT2D eigenvalue weighted by Gasteiger charge is 2.04. The van der Waals surface area contributed by atoms with Crippen LogP contribution in [0.5, 0.6) is 11.5 Å². The molecule has 0 radical (unpaired) electrons. The third-order valence-corrected chi connectivity index (χ3v) is 4.50. The minimum absolute atomic E-state index is 0.262. The van der Waals surface area contributed by atoms with Crippen molar-refractivity contribution in [1.29, 1.82) is 0 Å². The quantitative estimate of drug-likeness (QED) is 0.505. The van der Waals surface area contributed by atoms with Gasteiger partial charge >= 0.3 is 0 Å². The SMILES string of the molecule is Oc1ccc(/C=C\c2ccc(O)c(Cn3ccnc3)c2)cc1Cn1ccnc1. The molecule has 28 heavy (non-hydrogen) atoms. The number of hydrogen-bond acceptors (Lipinski definition) is 4. The number of phenolic OH excluding ortho intramolecular Hbond substituents is 2. The van der Waals surface area contributed by atoms with Crippen LogP contribution >= 0.6 is 0 Å². The number of hydrogen-bond donors (Lipinski definition) is 2. The number of rotatable bonds is 6. The van der Waals surface area contributed by atoms with Crippen molar-refractivity contribution < 1.29 is 10.2 Å². The molecule has 4 rings (SSSR count). The summed E-state index contributed by atoms with van der Waals surface area (Å²) in [5.74, 6) is 0.524. The number of phenols is 2. The number of imidazole rings is 2. The molecular weight excluding hydrogens is 352 g/mol. The first-order chi connectivity index (χ1) is 13.7. The highest BCUT2D eigenvalue weighted by atomic mass is 16.3. The van der Waals surface area contributed by atoms with Crippen molar-refractivity contribution in [2.75, 3.05) is 0 Å². The summed E-state index contributed by atoms with van der Waals surface area (Å²) >= 11 is 0. The van der Waals surface area contributed by atoms with Gasteiger partial charge in [-0.15, -0.1) is 0 Å². The van der Waals surface area contributed by atoms with E-state index in [1.54, 1.807) is 37.2 Å². The van der Waals surface area contributed by atoms with Gasteiger partial charge in [0, 0.05) is 35.9 Å². The molecule has 0 bridgehead atoms. The monoisotopic (exact) mass is 372 g/mol. The van der Waals surface area contributed by atoms with Gasteiger partial charge in [-0.1, -0.05) is 24.3 Å². The zero-order chi connectivity index (χ0) is 19.3. The van der Waals surface area contributed by atoms with Gasteiger partial charge in [0.2, 0.25) is 0 Å². The van der Waals surface area contributed by atoms with Crippen LogP contribution in [0.15, 0.2) is 73.8 Å². The summed E-state index contributed by atoms with van der Waals surface area (Å²) in [6.45, 7) is 1.11. The molecule has 4 aromatic rings. The van der Waals surface area contributed by atoms with Crippen molar-refractivity contribution in [3.63, 3.8) is 0 Å². The molecule has 0 aliphatic carbocycles. The van der Waals surface area contributed by atoms with E-state index in [9.17, 15) is 10.2 Å². The molecule has 0 fully saturated rings. The molecule has 0 saturated heterocycles. The number of nitrogens with zero attached hydrogens (tertiary/aromatic N) is 4. The largest absolute Gasteiger partial charge is 0.508 e. The lowest BCUT2D eigenvalue weighted by atomic mass is 10.1. The Kier molecular flexibility index (Phi) is 4.93. The van der Waals surface area contributed by atoms with Gasteiger partial charge < -0.3 is 19.3 Å². The Morgan fingerprint density at radius 2 is 1.18 bits per heavy atom. The molecule has 0 unspecified atom stereocenters. The number of aromatic hydroxyl groups is 2. The van der Waals surface area contributed by atoms with Gasteiger partial charge in [0.1, 0.15) is 11.5 Å². The summed E-state index contributed by atoms with van der Waals surface area (Å²) < 4.78 is 3.82. The predicted molar refractivity (Wildman–Crippen MR) is 108 cm³/mol. The van der Waals surface area contributed by atoms with Gasteiger partial charge in [0.15, 0.2) is 0 Å². The van der Waals surface area contributed by atoms with Crippen LogP contribution in [0.25, 0.3) is 12.2 Å². The number of aromatic nitrogens is 4. The zero-order valence-electron chi connectivity index (χ0n) is 15.2. The predicted octanol–water partition coefficient (Wildman–Crippen LogP) is 3.76. The lowest BCUT2D eigenvalue weighted by molar-refractivity contribution is 0.465. The van der Waals surface area contributed by atoms with E-state index < -0.39 is 0 Å². The number of benzene rings is 2. The molecule has 0 aliphatic heterocycles. The fourth-order valence-electron chi connectivity index (χ4n) is 3.02. The van der Waals surface area contributed by atoms with E-state index in [1.165, 1.54) is 0 Å². The topological polar surface area (TPSA) is 76.1 Å². The van der Waals surface area contributed by atoms with E-state index in [2.05, 4.69) is 9.97 Å². The minimum atomic E-state index is 0.262. The summed E-state index contributed by atoms with van der Waals surface area (Å²) in [5.41, 5.74) is 3.62. The summed E-state index contributed by atoms with van der Waals surface area (Å²) in [7, 11) is 0. The Bertz CT molecular complexity index is 996. The third kappa shape index (κ3) is 4.12. The molecule has 0 spiro atoms. The smallest absolute Gasteiger partial charge is 0.120 e. The lowest BCUT2D eigenvalue weighted by Gasteiger charge is -2.08. The van der Waals surface area contributed by atoms with Crippen molar-refractivity contribution in [3.8, 4) is 11.5 Å². The Balaban J connectivity index is 1.54. The molecule has 0 amide bonds. The average molecular weight is 372 g/mol. The molecule has 0 atom stereocenters. The van der Waals surface area contributed by atoms with E-state index in [4.69, 9.17) is 0 Å². The van der Waals surface area contributed by atoms with Gasteiger partial charge in [-0.2, -0.15) is 0 Å². The van der Waals surface area contributed by atoms with E-state index in [0.717, 1.165) is 22.3 Å². The summed E-state index contributed by atoms with van der Waals surface area (Å²) in [4.78, 5) is 8.06. The zero-order valence-corrected chi connectivity index (χ0v) is 15.2. The Morgan fingerprint density at radius 1 is 0.714 bits per heavy atom. The van der Waals surface area contributed by atoms with E-state index >= 15 is 0 Å². The second kappa shape index (κ2) is 7.84. The molecule has 6 heteroatoms. The standard InChI is InChI=1S/C22H20N4O2/c27-21-5-3-17(11-19(21)13-25-9-7-23-15-25)1-2-18-4-6-22(28)20(12-18)14-26-10-8-24-16-26/h1-12,15-16,27-28H,13-14H2/b2-1-. The van der Waals surface area contributed by atoms with Crippen molar-refractivity contribution in [2.24, 2.45) is 0 Å². The average Bonchev–Trinajstić information content (AvgIpc) is 3.39. The van der Waals surface area contributed by atoms with Crippen LogP contribution in [0.2, 0.25) is 0 Å². The molecule has 0 aliphatic rings. The fraction of sp³-hybridized carbons (Fsp3) is 0.0909. The molecule has 140 valence electrons. The van der Waals surface area contributed by atoms with E-state index in [-0.39, 0.29) is 11.5 Å².